The molecule has 1 rings (SSSR count). The first-order chi connectivity index (χ1) is 5.23. The fourth-order valence-electron chi connectivity index (χ4n) is 0.692. The highest BCUT2D eigenvalue weighted by molar-refractivity contribution is 7.09. The van der Waals surface area contributed by atoms with E-state index in [2.05, 4.69) is 16.3 Å². The summed E-state index contributed by atoms with van der Waals surface area (Å²) in [6.45, 7) is 3.86. The molecule has 0 radical (unpaired) electrons. The van der Waals surface area contributed by atoms with Gasteiger partial charge < -0.3 is 0 Å². The second-order valence-corrected chi connectivity index (χ2v) is 3.37. The molecule has 0 amide bonds. The van der Waals surface area contributed by atoms with Crippen LogP contribution in [0.25, 0.3) is 0 Å². The summed E-state index contributed by atoms with van der Waals surface area (Å²) < 4.78 is 0. The molecule has 1 heterocycles. The average Bonchev–Trinajstić information content (AvgIpc) is 2.55. The van der Waals surface area contributed by atoms with Gasteiger partial charge in [0.05, 0.1) is 6.07 Å². The second-order valence-electron chi connectivity index (χ2n) is 2.54. The van der Waals surface area contributed by atoms with Crippen LogP contribution in [0.2, 0.25) is 0 Å². The number of hydrogen-bond donors (Lipinski definition) is 0. The molecule has 1 aromatic rings. The van der Waals surface area contributed by atoms with E-state index in [-0.39, 0.29) is 0 Å². The van der Waals surface area contributed by atoms with Gasteiger partial charge in [-0.25, -0.2) is 0 Å². The zero-order valence-corrected chi connectivity index (χ0v) is 7.35. The van der Waals surface area contributed by atoms with Gasteiger partial charge in [0.2, 0.25) is 0 Å². The molecule has 0 saturated carbocycles. The zero-order valence-electron chi connectivity index (χ0n) is 6.53. The Hall–Kier alpha value is -0.950. The van der Waals surface area contributed by atoms with Crippen LogP contribution in [0.5, 0.6) is 0 Å². The molecule has 0 saturated heterocycles. The van der Waals surface area contributed by atoms with Gasteiger partial charge in [0, 0.05) is 0 Å². The lowest BCUT2D eigenvalue weighted by atomic mass is 9.91. The van der Waals surface area contributed by atoms with Crippen LogP contribution in [0.3, 0.4) is 0 Å². The maximum Gasteiger partial charge on any atom is 0.137 e. The van der Waals surface area contributed by atoms with E-state index in [9.17, 15) is 0 Å². The SMILES string of the molecule is CCC(C)(C#N)c1nncs1. The first-order valence-electron chi connectivity index (χ1n) is 3.41. The minimum atomic E-state index is -0.443. The largest absolute Gasteiger partial charge is 0.197 e. The van der Waals surface area contributed by atoms with Crippen LogP contribution in [0, 0.1) is 11.3 Å². The van der Waals surface area contributed by atoms with Crippen molar-refractivity contribution >= 4 is 11.3 Å². The molecule has 1 atom stereocenters. The summed E-state index contributed by atoms with van der Waals surface area (Å²) in [5, 5.41) is 17.2. The lowest BCUT2D eigenvalue weighted by Gasteiger charge is -2.13. The van der Waals surface area contributed by atoms with Gasteiger partial charge in [0.25, 0.3) is 0 Å². The molecule has 58 valence electrons. The predicted molar refractivity (Wildman–Crippen MR) is 43.2 cm³/mol. The van der Waals surface area contributed by atoms with Gasteiger partial charge in [0.15, 0.2) is 0 Å². The summed E-state index contributed by atoms with van der Waals surface area (Å²) in [7, 11) is 0. The Morgan fingerprint density at radius 3 is 2.91 bits per heavy atom. The molecule has 0 N–H and O–H groups in total. The fraction of sp³-hybridized carbons (Fsp3) is 0.571. The molecule has 11 heavy (non-hydrogen) atoms. The monoisotopic (exact) mass is 167 g/mol. The minimum Gasteiger partial charge on any atom is -0.197 e. The van der Waals surface area contributed by atoms with E-state index in [1.54, 1.807) is 5.51 Å². The second kappa shape index (κ2) is 2.97. The highest BCUT2D eigenvalue weighted by atomic mass is 32.1. The van der Waals surface area contributed by atoms with Gasteiger partial charge in [-0.2, -0.15) is 5.26 Å². The molecular formula is C7H9N3S. The molecule has 0 aromatic carbocycles. The Bertz CT molecular complexity index is 262. The average molecular weight is 167 g/mol. The molecule has 0 bridgehead atoms. The summed E-state index contributed by atoms with van der Waals surface area (Å²) >= 11 is 1.43. The third kappa shape index (κ3) is 1.38. The molecule has 1 aromatic heterocycles. The quantitative estimate of drug-likeness (QED) is 0.674. The number of aromatic nitrogens is 2. The smallest absolute Gasteiger partial charge is 0.137 e. The van der Waals surface area contributed by atoms with E-state index in [0.717, 1.165) is 11.4 Å². The number of nitriles is 1. The first-order valence-corrected chi connectivity index (χ1v) is 4.29. The van der Waals surface area contributed by atoms with Crippen LogP contribution >= 0.6 is 11.3 Å². The zero-order chi connectivity index (χ0) is 8.32. The van der Waals surface area contributed by atoms with Crippen molar-refractivity contribution in [3.05, 3.63) is 10.5 Å². The van der Waals surface area contributed by atoms with E-state index in [0.29, 0.717) is 0 Å². The molecule has 0 fully saturated rings. The summed E-state index contributed by atoms with van der Waals surface area (Å²) in [5.41, 5.74) is 1.21. The fourth-order valence-corrected chi connectivity index (χ4v) is 1.43. The molecule has 0 aliphatic carbocycles. The lowest BCUT2D eigenvalue weighted by Crippen LogP contribution is -2.17. The highest BCUT2D eigenvalue weighted by Gasteiger charge is 2.27. The molecule has 3 nitrogen and oxygen atoms in total. The molecule has 0 aliphatic heterocycles. The Morgan fingerprint density at radius 2 is 2.55 bits per heavy atom. The van der Waals surface area contributed by atoms with Crippen LogP contribution in [0.15, 0.2) is 5.51 Å². The number of rotatable bonds is 2. The summed E-state index contributed by atoms with van der Waals surface area (Å²) in [6, 6.07) is 2.24. The topological polar surface area (TPSA) is 49.6 Å². The van der Waals surface area contributed by atoms with E-state index in [1.165, 1.54) is 11.3 Å². The minimum absolute atomic E-state index is 0.443. The third-order valence-corrected chi connectivity index (χ3v) is 2.74. The Kier molecular flexibility index (Phi) is 2.20. The van der Waals surface area contributed by atoms with Crippen LogP contribution in [0.1, 0.15) is 25.3 Å². The van der Waals surface area contributed by atoms with Crippen molar-refractivity contribution in [2.75, 3.05) is 0 Å². The molecule has 4 heteroatoms. The van der Waals surface area contributed by atoms with Crippen molar-refractivity contribution in [2.45, 2.75) is 25.7 Å². The molecule has 1 unspecified atom stereocenters. The highest BCUT2D eigenvalue weighted by Crippen LogP contribution is 2.26. The van der Waals surface area contributed by atoms with Crippen LogP contribution < -0.4 is 0 Å². The van der Waals surface area contributed by atoms with Gasteiger partial charge in [-0.1, -0.05) is 6.92 Å². The summed E-state index contributed by atoms with van der Waals surface area (Å²) in [4.78, 5) is 0. The maximum absolute atomic E-state index is 8.85. The van der Waals surface area contributed by atoms with Gasteiger partial charge >= 0.3 is 0 Å². The summed E-state index contributed by atoms with van der Waals surface area (Å²) in [5.74, 6) is 0. The van der Waals surface area contributed by atoms with E-state index < -0.39 is 5.41 Å². The van der Waals surface area contributed by atoms with E-state index >= 15 is 0 Å². The summed E-state index contributed by atoms with van der Waals surface area (Å²) in [6.07, 6.45) is 0.776. The van der Waals surface area contributed by atoms with Gasteiger partial charge in [0.1, 0.15) is 15.9 Å². The Balaban J connectivity index is 2.99. The van der Waals surface area contributed by atoms with Gasteiger partial charge in [-0.05, 0) is 13.3 Å². The Labute approximate surface area is 69.7 Å². The van der Waals surface area contributed by atoms with Gasteiger partial charge in [-0.15, -0.1) is 21.5 Å². The maximum atomic E-state index is 8.85. The van der Waals surface area contributed by atoms with Crippen molar-refractivity contribution in [3.63, 3.8) is 0 Å². The van der Waals surface area contributed by atoms with Crippen molar-refractivity contribution in [1.29, 1.82) is 5.26 Å². The van der Waals surface area contributed by atoms with Crippen molar-refractivity contribution in [3.8, 4) is 6.07 Å². The predicted octanol–water partition coefficient (Wildman–Crippen LogP) is 1.73. The number of hydrogen-bond acceptors (Lipinski definition) is 4. The van der Waals surface area contributed by atoms with Crippen molar-refractivity contribution in [1.82, 2.24) is 10.2 Å². The van der Waals surface area contributed by atoms with Crippen LogP contribution in [0.4, 0.5) is 0 Å². The lowest BCUT2D eigenvalue weighted by molar-refractivity contribution is 0.576. The first kappa shape index (κ1) is 8.15. The van der Waals surface area contributed by atoms with Crippen LogP contribution in [-0.2, 0) is 5.41 Å². The molecular weight excluding hydrogens is 158 g/mol. The van der Waals surface area contributed by atoms with Crippen molar-refractivity contribution in [2.24, 2.45) is 0 Å². The molecule has 0 aliphatic rings. The van der Waals surface area contributed by atoms with E-state index in [1.807, 2.05) is 13.8 Å². The normalized spacial score (nSPS) is 15.4. The number of nitrogens with zero attached hydrogens (tertiary/aromatic N) is 3. The van der Waals surface area contributed by atoms with E-state index in [4.69, 9.17) is 5.26 Å². The molecule has 0 spiro atoms. The standard InChI is InChI=1S/C7H9N3S/c1-3-7(2,4-8)6-10-9-5-11-6/h5H,3H2,1-2H3. The van der Waals surface area contributed by atoms with Crippen molar-refractivity contribution < 1.29 is 0 Å². The Morgan fingerprint density at radius 1 is 1.82 bits per heavy atom. The third-order valence-electron chi connectivity index (χ3n) is 1.79. The van der Waals surface area contributed by atoms with Crippen LogP contribution in [-0.4, -0.2) is 10.2 Å². The van der Waals surface area contributed by atoms with Gasteiger partial charge in [-0.3, -0.25) is 0 Å².